The van der Waals surface area contributed by atoms with Crippen molar-refractivity contribution < 1.29 is 4.79 Å². The molecule has 94 valence electrons. The van der Waals surface area contributed by atoms with E-state index in [4.69, 9.17) is 0 Å². The van der Waals surface area contributed by atoms with E-state index in [1.807, 2.05) is 0 Å². The van der Waals surface area contributed by atoms with E-state index in [0.717, 1.165) is 18.8 Å². The highest BCUT2D eigenvalue weighted by atomic mass is 16.2. The molecule has 1 rings (SSSR count). The third-order valence-corrected chi connectivity index (χ3v) is 3.25. The van der Waals surface area contributed by atoms with Crippen LogP contribution < -0.4 is 10.6 Å². The monoisotopic (exact) mass is 226 g/mol. The highest BCUT2D eigenvalue weighted by Crippen LogP contribution is 2.34. The Balaban J connectivity index is 2.38. The minimum Gasteiger partial charge on any atom is -0.341 e. The number of hydrogen-bond acceptors (Lipinski definition) is 1. The van der Waals surface area contributed by atoms with Crippen molar-refractivity contribution >= 4 is 6.03 Å². The molecule has 0 aliphatic heterocycles. The number of carbonyl (C=O) groups excluding carboxylic acids is 1. The average Bonchev–Trinajstić information content (AvgIpc) is 2.15. The van der Waals surface area contributed by atoms with E-state index in [1.165, 1.54) is 19.3 Å². The minimum absolute atomic E-state index is 0.0404. The fourth-order valence-electron chi connectivity index (χ4n) is 2.73. The largest absolute Gasteiger partial charge is 0.341 e. The van der Waals surface area contributed by atoms with Crippen LogP contribution in [0.2, 0.25) is 0 Å². The van der Waals surface area contributed by atoms with E-state index >= 15 is 0 Å². The molecule has 2 atom stereocenters. The third-order valence-electron chi connectivity index (χ3n) is 3.25. The van der Waals surface area contributed by atoms with Gasteiger partial charge in [0.05, 0.1) is 0 Å². The summed E-state index contributed by atoms with van der Waals surface area (Å²) in [4.78, 5) is 11.2. The molecular formula is C13H26N2O. The quantitative estimate of drug-likeness (QED) is 0.747. The Hall–Kier alpha value is -0.730. The molecule has 1 saturated carbocycles. The molecule has 16 heavy (non-hydrogen) atoms. The Bertz CT molecular complexity index is 233. The van der Waals surface area contributed by atoms with Gasteiger partial charge in [0.25, 0.3) is 0 Å². The Kier molecular flexibility index (Phi) is 4.63. The van der Waals surface area contributed by atoms with E-state index in [9.17, 15) is 4.79 Å². The van der Waals surface area contributed by atoms with Crippen LogP contribution in [0.5, 0.6) is 0 Å². The summed E-state index contributed by atoms with van der Waals surface area (Å²) in [6.07, 6.45) is 6.11. The first-order chi connectivity index (χ1) is 7.40. The number of rotatable bonds is 2. The van der Waals surface area contributed by atoms with Crippen molar-refractivity contribution in [2.45, 2.75) is 58.9 Å². The highest BCUT2D eigenvalue weighted by Gasteiger charge is 2.26. The van der Waals surface area contributed by atoms with Gasteiger partial charge in [0, 0.05) is 13.1 Å². The molecule has 0 aromatic rings. The van der Waals surface area contributed by atoms with Gasteiger partial charge < -0.3 is 10.6 Å². The number of hydrogen-bond donors (Lipinski definition) is 2. The van der Waals surface area contributed by atoms with Gasteiger partial charge >= 0.3 is 6.03 Å². The summed E-state index contributed by atoms with van der Waals surface area (Å²) >= 11 is 0. The van der Waals surface area contributed by atoms with Crippen LogP contribution in [-0.4, -0.2) is 19.1 Å². The van der Waals surface area contributed by atoms with Gasteiger partial charge in [-0.05, 0) is 30.6 Å². The number of urea groups is 1. The van der Waals surface area contributed by atoms with Gasteiger partial charge in [-0.2, -0.15) is 0 Å². The molecule has 1 aliphatic carbocycles. The maximum absolute atomic E-state index is 11.2. The highest BCUT2D eigenvalue weighted by molar-refractivity contribution is 5.73. The van der Waals surface area contributed by atoms with Gasteiger partial charge in [0.15, 0.2) is 0 Å². The van der Waals surface area contributed by atoms with Crippen LogP contribution >= 0.6 is 0 Å². The SMILES string of the molecule is CNC(=O)N[C@H]1CCC[C@@H](CC(C)(C)C)C1. The Morgan fingerprint density at radius 1 is 1.31 bits per heavy atom. The molecule has 2 N–H and O–H groups in total. The first-order valence-electron chi connectivity index (χ1n) is 6.39. The fourth-order valence-corrected chi connectivity index (χ4v) is 2.73. The second-order valence-corrected chi connectivity index (χ2v) is 6.22. The smallest absolute Gasteiger partial charge is 0.314 e. The van der Waals surface area contributed by atoms with Gasteiger partial charge in [0.1, 0.15) is 0 Å². The normalized spacial score (nSPS) is 26.2. The van der Waals surface area contributed by atoms with Crippen LogP contribution in [0, 0.1) is 11.3 Å². The number of amides is 2. The molecule has 1 aliphatic rings. The summed E-state index contributed by atoms with van der Waals surface area (Å²) in [5.74, 6) is 0.774. The standard InChI is InChI=1S/C13H26N2O/c1-13(2,3)9-10-6-5-7-11(8-10)15-12(16)14-4/h10-11H,5-9H2,1-4H3,(H2,14,15,16)/t10-,11+/m1/s1. The average molecular weight is 226 g/mol. The first kappa shape index (κ1) is 13.3. The molecule has 0 radical (unpaired) electrons. The van der Waals surface area contributed by atoms with Crippen LogP contribution in [-0.2, 0) is 0 Å². The summed E-state index contributed by atoms with van der Waals surface area (Å²) in [7, 11) is 1.67. The van der Waals surface area contributed by atoms with Crippen molar-refractivity contribution in [1.29, 1.82) is 0 Å². The van der Waals surface area contributed by atoms with Crippen molar-refractivity contribution in [2.75, 3.05) is 7.05 Å². The number of nitrogens with one attached hydrogen (secondary N) is 2. The molecule has 1 fully saturated rings. The summed E-state index contributed by atoms with van der Waals surface area (Å²) < 4.78 is 0. The van der Waals surface area contributed by atoms with Crippen molar-refractivity contribution in [3.63, 3.8) is 0 Å². The Labute approximate surface area is 99.4 Å². The molecule has 0 saturated heterocycles. The summed E-state index contributed by atoms with van der Waals surface area (Å²) in [5.41, 5.74) is 0.402. The van der Waals surface area contributed by atoms with E-state index in [1.54, 1.807) is 7.05 Å². The lowest BCUT2D eigenvalue weighted by Crippen LogP contribution is -2.43. The van der Waals surface area contributed by atoms with Crippen LogP contribution in [0.3, 0.4) is 0 Å². The molecule has 2 amide bonds. The maximum atomic E-state index is 11.2. The van der Waals surface area contributed by atoms with Crippen molar-refractivity contribution in [2.24, 2.45) is 11.3 Å². The molecule has 0 bridgehead atoms. The van der Waals surface area contributed by atoms with Gasteiger partial charge in [-0.15, -0.1) is 0 Å². The fraction of sp³-hybridized carbons (Fsp3) is 0.923. The number of carbonyl (C=O) groups is 1. The zero-order chi connectivity index (χ0) is 12.2. The second kappa shape index (κ2) is 5.55. The zero-order valence-electron chi connectivity index (χ0n) is 11.1. The first-order valence-corrected chi connectivity index (χ1v) is 6.39. The molecule has 3 nitrogen and oxygen atoms in total. The zero-order valence-corrected chi connectivity index (χ0v) is 11.1. The van der Waals surface area contributed by atoms with Crippen molar-refractivity contribution in [3.8, 4) is 0 Å². The van der Waals surface area contributed by atoms with Crippen LogP contribution in [0.15, 0.2) is 0 Å². The Morgan fingerprint density at radius 2 is 2.00 bits per heavy atom. The molecule has 0 spiro atoms. The molecule has 0 aromatic carbocycles. The van der Waals surface area contributed by atoms with E-state index < -0.39 is 0 Å². The lowest BCUT2D eigenvalue weighted by atomic mass is 9.76. The molecule has 0 unspecified atom stereocenters. The third kappa shape index (κ3) is 4.86. The van der Waals surface area contributed by atoms with Crippen LogP contribution in [0.4, 0.5) is 4.79 Å². The van der Waals surface area contributed by atoms with Gasteiger partial charge in [-0.3, -0.25) is 0 Å². The minimum atomic E-state index is -0.0404. The molecule has 3 heteroatoms. The summed E-state index contributed by atoms with van der Waals surface area (Å²) in [6, 6.07) is 0.336. The predicted octanol–water partition coefficient (Wildman–Crippen LogP) is 2.91. The van der Waals surface area contributed by atoms with Gasteiger partial charge in [-0.1, -0.05) is 33.6 Å². The van der Waals surface area contributed by atoms with Crippen molar-refractivity contribution in [1.82, 2.24) is 10.6 Å². The molecule has 0 aromatic heterocycles. The Morgan fingerprint density at radius 3 is 2.56 bits per heavy atom. The molecule has 0 heterocycles. The van der Waals surface area contributed by atoms with Gasteiger partial charge in [-0.25, -0.2) is 4.79 Å². The van der Waals surface area contributed by atoms with E-state index in [-0.39, 0.29) is 6.03 Å². The predicted molar refractivity (Wildman–Crippen MR) is 67.4 cm³/mol. The second-order valence-electron chi connectivity index (χ2n) is 6.22. The van der Waals surface area contributed by atoms with Crippen molar-refractivity contribution in [3.05, 3.63) is 0 Å². The topological polar surface area (TPSA) is 41.1 Å². The van der Waals surface area contributed by atoms with Crippen LogP contribution in [0.1, 0.15) is 52.9 Å². The summed E-state index contributed by atoms with van der Waals surface area (Å²) in [5, 5.41) is 5.66. The molecular weight excluding hydrogens is 200 g/mol. The van der Waals surface area contributed by atoms with Crippen LogP contribution in [0.25, 0.3) is 0 Å². The van der Waals surface area contributed by atoms with Gasteiger partial charge in [0.2, 0.25) is 0 Å². The maximum Gasteiger partial charge on any atom is 0.314 e. The van der Waals surface area contributed by atoms with E-state index in [2.05, 4.69) is 31.4 Å². The summed E-state index contributed by atoms with van der Waals surface area (Å²) in [6.45, 7) is 6.88. The van der Waals surface area contributed by atoms with E-state index in [0.29, 0.717) is 11.5 Å². The lowest BCUT2D eigenvalue weighted by Gasteiger charge is -2.33. The lowest BCUT2D eigenvalue weighted by molar-refractivity contribution is 0.202.